The van der Waals surface area contributed by atoms with E-state index in [1.807, 2.05) is 0 Å². The van der Waals surface area contributed by atoms with E-state index in [9.17, 15) is 0 Å². The number of aryl methyl sites for hydroxylation is 1. The predicted molar refractivity (Wildman–Crippen MR) is 97.2 cm³/mol. The first-order valence-corrected chi connectivity index (χ1v) is 8.39. The molecule has 2 rings (SSSR count). The van der Waals surface area contributed by atoms with Gasteiger partial charge in [-0.3, -0.25) is 4.99 Å². The molecule has 1 heterocycles. The summed E-state index contributed by atoms with van der Waals surface area (Å²) < 4.78 is 5.04. The highest BCUT2D eigenvalue weighted by Crippen LogP contribution is 2.22. The molecule has 0 amide bonds. The van der Waals surface area contributed by atoms with Crippen LogP contribution in [0.15, 0.2) is 29.4 Å². The molecule has 2 aromatic rings. The molecule has 0 unspecified atom stereocenters. The highest BCUT2D eigenvalue weighted by Gasteiger charge is 2.06. The fourth-order valence-electron chi connectivity index (χ4n) is 2.68. The molecule has 0 radical (unpaired) electrons. The molecule has 5 nitrogen and oxygen atoms in total. The normalized spacial score (nSPS) is 11.9. The zero-order valence-electron chi connectivity index (χ0n) is 14.4. The fourth-order valence-corrected chi connectivity index (χ4v) is 2.68. The van der Waals surface area contributed by atoms with E-state index < -0.39 is 0 Å². The van der Waals surface area contributed by atoms with Crippen LogP contribution in [0.2, 0.25) is 0 Å². The Morgan fingerprint density at radius 1 is 1.22 bits per heavy atom. The number of aromatic amines is 1. The second-order valence-corrected chi connectivity index (χ2v) is 5.44. The van der Waals surface area contributed by atoms with E-state index in [0.717, 1.165) is 31.9 Å². The Balaban J connectivity index is 1.96. The van der Waals surface area contributed by atoms with Crippen LogP contribution in [-0.4, -0.2) is 44.3 Å². The molecule has 0 aliphatic heterocycles. The number of para-hydroxylation sites is 1. The molecule has 0 saturated carbocycles. The van der Waals surface area contributed by atoms with Gasteiger partial charge in [0.2, 0.25) is 0 Å². The number of guanidine groups is 1. The Kier molecular flexibility index (Phi) is 6.94. The van der Waals surface area contributed by atoms with Crippen molar-refractivity contribution in [1.29, 1.82) is 0 Å². The number of hydrogen-bond acceptors (Lipinski definition) is 2. The van der Waals surface area contributed by atoms with Gasteiger partial charge in [0.25, 0.3) is 0 Å². The van der Waals surface area contributed by atoms with Gasteiger partial charge in [-0.2, -0.15) is 0 Å². The van der Waals surface area contributed by atoms with Crippen molar-refractivity contribution in [3.05, 3.63) is 35.5 Å². The summed E-state index contributed by atoms with van der Waals surface area (Å²) in [6, 6.07) is 6.52. The number of aromatic nitrogens is 1. The van der Waals surface area contributed by atoms with Crippen molar-refractivity contribution in [3.63, 3.8) is 0 Å². The minimum absolute atomic E-state index is 0.638. The van der Waals surface area contributed by atoms with E-state index in [4.69, 9.17) is 4.74 Å². The van der Waals surface area contributed by atoms with Crippen LogP contribution in [0.4, 0.5) is 0 Å². The molecule has 0 aliphatic rings. The molecule has 0 saturated heterocycles. The van der Waals surface area contributed by atoms with Gasteiger partial charge in [-0.25, -0.2) is 0 Å². The van der Waals surface area contributed by atoms with Gasteiger partial charge in [-0.05, 0) is 30.9 Å². The second-order valence-electron chi connectivity index (χ2n) is 5.44. The van der Waals surface area contributed by atoms with E-state index in [2.05, 4.69) is 58.9 Å². The SMILES string of the molecule is CCNC(=NCCOC)NCCc1c[nH]c2c(CC)cccc12. The number of aliphatic imine (C=N–C) groups is 1. The van der Waals surface area contributed by atoms with Gasteiger partial charge in [0.05, 0.1) is 13.2 Å². The fraction of sp³-hybridized carbons (Fsp3) is 0.500. The van der Waals surface area contributed by atoms with Crippen LogP contribution < -0.4 is 10.6 Å². The third-order valence-corrected chi connectivity index (χ3v) is 3.86. The van der Waals surface area contributed by atoms with Crippen LogP contribution in [0.25, 0.3) is 10.9 Å². The number of nitrogens with zero attached hydrogens (tertiary/aromatic N) is 1. The number of methoxy groups -OCH3 is 1. The number of H-pyrrole nitrogens is 1. The molecule has 1 aromatic heterocycles. The van der Waals surface area contributed by atoms with Gasteiger partial charge in [0.15, 0.2) is 5.96 Å². The minimum Gasteiger partial charge on any atom is -0.383 e. The Morgan fingerprint density at radius 2 is 2.09 bits per heavy atom. The minimum atomic E-state index is 0.638. The van der Waals surface area contributed by atoms with Crippen molar-refractivity contribution in [3.8, 4) is 0 Å². The molecule has 0 fully saturated rings. The number of nitrogens with one attached hydrogen (secondary N) is 3. The Labute approximate surface area is 138 Å². The Bertz CT molecular complexity index is 633. The van der Waals surface area contributed by atoms with Gasteiger partial charge < -0.3 is 20.4 Å². The van der Waals surface area contributed by atoms with E-state index >= 15 is 0 Å². The van der Waals surface area contributed by atoms with Crippen LogP contribution in [0, 0.1) is 0 Å². The van der Waals surface area contributed by atoms with Gasteiger partial charge in [-0.15, -0.1) is 0 Å². The molecule has 1 aromatic carbocycles. The van der Waals surface area contributed by atoms with Crippen molar-refractivity contribution >= 4 is 16.9 Å². The molecule has 23 heavy (non-hydrogen) atoms. The largest absolute Gasteiger partial charge is 0.383 e. The first kappa shape index (κ1) is 17.3. The lowest BCUT2D eigenvalue weighted by molar-refractivity contribution is 0.208. The molecule has 3 N–H and O–H groups in total. The summed E-state index contributed by atoms with van der Waals surface area (Å²) in [4.78, 5) is 7.90. The maximum absolute atomic E-state index is 5.04. The van der Waals surface area contributed by atoms with E-state index in [1.165, 1.54) is 22.0 Å². The lowest BCUT2D eigenvalue weighted by Crippen LogP contribution is -2.38. The average Bonchev–Trinajstić information content (AvgIpc) is 2.98. The summed E-state index contributed by atoms with van der Waals surface area (Å²) in [6.07, 6.45) is 4.13. The zero-order chi connectivity index (χ0) is 16.5. The number of ether oxygens (including phenoxy) is 1. The van der Waals surface area contributed by atoms with E-state index in [-0.39, 0.29) is 0 Å². The van der Waals surface area contributed by atoms with Gasteiger partial charge in [0.1, 0.15) is 0 Å². The van der Waals surface area contributed by atoms with Crippen LogP contribution in [0.1, 0.15) is 25.0 Å². The number of hydrogen-bond donors (Lipinski definition) is 3. The third kappa shape index (κ3) is 4.73. The van der Waals surface area contributed by atoms with E-state index in [1.54, 1.807) is 7.11 Å². The summed E-state index contributed by atoms with van der Waals surface area (Å²) in [5, 5.41) is 7.96. The second kappa shape index (κ2) is 9.20. The molecule has 126 valence electrons. The lowest BCUT2D eigenvalue weighted by atomic mass is 10.1. The lowest BCUT2D eigenvalue weighted by Gasteiger charge is -2.11. The molecular weight excluding hydrogens is 288 g/mol. The average molecular weight is 316 g/mol. The molecule has 0 atom stereocenters. The highest BCUT2D eigenvalue weighted by molar-refractivity contribution is 5.86. The number of fused-ring (bicyclic) bond motifs is 1. The maximum Gasteiger partial charge on any atom is 0.191 e. The monoisotopic (exact) mass is 316 g/mol. The maximum atomic E-state index is 5.04. The predicted octanol–water partition coefficient (Wildman–Crippen LogP) is 2.47. The number of rotatable bonds is 8. The first-order chi connectivity index (χ1) is 11.3. The van der Waals surface area contributed by atoms with Crippen molar-refractivity contribution in [2.75, 3.05) is 33.4 Å². The van der Waals surface area contributed by atoms with Crippen LogP contribution in [0.3, 0.4) is 0 Å². The molecule has 5 heteroatoms. The summed E-state index contributed by atoms with van der Waals surface area (Å²) in [5.74, 6) is 0.846. The van der Waals surface area contributed by atoms with Crippen molar-refractivity contribution in [2.45, 2.75) is 26.7 Å². The standard InChI is InChI=1S/C18H28N4O/c1-4-14-7-6-8-16-15(13-22-17(14)16)9-10-20-18(19-5-2)21-11-12-23-3/h6-8,13,22H,4-5,9-12H2,1-3H3,(H2,19,20,21). The zero-order valence-corrected chi connectivity index (χ0v) is 14.4. The van der Waals surface area contributed by atoms with Crippen LogP contribution in [-0.2, 0) is 17.6 Å². The van der Waals surface area contributed by atoms with Gasteiger partial charge in [0, 0.05) is 37.3 Å². The molecular formula is C18H28N4O. The highest BCUT2D eigenvalue weighted by atomic mass is 16.5. The summed E-state index contributed by atoms with van der Waals surface area (Å²) in [5.41, 5.74) is 3.98. The number of benzene rings is 1. The van der Waals surface area contributed by atoms with Crippen LogP contribution >= 0.6 is 0 Å². The third-order valence-electron chi connectivity index (χ3n) is 3.86. The van der Waals surface area contributed by atoms with Gasteiger partial charge in [-0.1, -0.05) is 25.1 Å². The first-order valence-electron chi connectivity index (χ1n) is 8.39. The summed E-state index contributed by atoms with van der Waals surface area (Å²) in [6.45, 7) is 7.26. The molecule has 0 spiro atoms. The van der Waals surface area contributed by atoms with Crippen molar-refractivity contribution in [1.82, 2.24) is 15.6 Å². The molecule has 0 aliphatic carbocycles. The topological polar surface area (TPSA) is 61.4 Å². The smallest absolute Gasteiger partial charge is 0.191 e. The van der Waals surface area contributed by atoms with E-state index in [0.29, 0.717) is 13.2 Å². The van der Waals surface area contributed by atoms with Crippen LogP contribution in [0.5, 0.6) is 0 Å². The van der Waals surface area contributed by atoms with Crippen molar-refractivity contribution in [2.24, 2.45) is 4.99 Å². The summed E-state index contributed by atoms with van der Waals surface area (Å²) in [7, 11) is 1.69. The molecule has 0 bridgehead atoms. The summed E-state index contributed by atoms with van der Waals surface area (Å²) >= 11 is 0. The quantitative estimate of drug-likeness (QED) is 0.398. The van der Waals surface area contributed by atoms with Crippen molar-refractivity contribution < 1.29 is 4.74 Å². The van der Waals surface area contributed by atoms with Gasteiger partial charge >= 0.3 is 0 Å². The Morgan fingerprint density at radius 3 is 2.83 bits per heavy atom. The Hall–Kier alpha value is -2.01.